The Labute approximate surface area is 298 Å². The first-order chi connectivity index (χ1) is 24.2. The van der Waals surface area contributed by atoms with Crippen LogP contribution in [0.4, 0.5) is 0 Å². The Morgan fingerprint density at radius 3 is 1.34 bits per heavy atom. The van der Waals surface area contributed by atoms with Crippen LogP contribution in [0.2, 0.25) is 0 Å². The van der Waals surface area contributed by atoms with Crippen molar-refractivity contribution in [3.63, 3.8) is 0 Å². The van der Waals surface area contributed by atoms with Crippen LogP contribution in [0, 0.1) is 23.7 Å². The van der Waals surface area contributed by atoms with E-state index in [1.807, 2.05) is 24.3 Å². The molecule has 2 aromatic rings. The highest BCUT2D eigenvalue weighted by atomic mass is 16.4. The van der Waals surface area contributed by atoms with Gasteiger partial charge in [-0.1, -0.05) is 62.8 Å². The van der Waals surface area contributed by atoms with Crippen LogP contribution in [0.25, 0.3) is 0 Å². The fourth-order valence-electron chi connectivity index (χ4n) is 11.1. The minimum atomic E-state index is -1.82. The van der Waals surface area contributed by atoms with E-state index in [9.17, 15) is 10.2 Å². The molecule has 0 spiro atoms. The van der Waals surface area contributed by atoms with E-state index in [-0.39, 0.29) is 0 Å². The van der Waals surface area contributed by atoms with Crippen molar-refractivity contribution in [2.75, 3.05) is 39.3 Å². The molecule has 4 unspecified atom stereocenters. The van der Waals surface area contributed by atoms with Crippen LogP contribution in [-0.4, -0.2) is 81.4 Å². The van der Waals surface area contributed by atoms with Crippen molar-refractivity contribution in [1.29, 1.82) is 0 Å². The Hall–Kier alpha value is -3.10. The third-order valence-electron chi connectivity index (χ3n) is 13.6. The minimum absolute atomic E-state index is 0.352. The summed E-state index contributed by atoms with van der Waals surface area (Å²) >= 11 is 0. The normalized spacial score (nSPS) is 30.1. The third kappa shape index (κ3) is 8.50. The number of benzene rings is 2. The fourth-order valence-corrected chi connectivity index (χ4v) is 11.1. The number of aliphatic carboxylic acids is 2. The Morgan fingerprint density at radius 2 is 0.980 bits per heavy atom. The average Bonchev–Trinajstić information content (AvgIpc) is 3.94. The molecular formula is C42H60N2O6. The van der Waals surface area contributed by atoms with Gasteiger partial charge in [-0.2, -0.15) is 0 Å². The third-order valence-corrected chi connectivity index (χ3v) is 13.6. The SMILES string of the molecule is O=C(O)C(=O)O.Oc1cccc(C23CCCC2CN(CC2CCCC2)CC3)c1.Oc1cccc(C23CCCC2CN(CC2CCCC2)CC3)c1. The summed E-state index contributed by atoms with van der Waals surface area (Å²) in [6.45, 7) is 7.75. The molecule has 4 saturated carbocycles. The largest absolute Gasteiger partial charge is 0.508 e. The monoisotopic (exact) mass is 688 g/mol. The molecule has 0 bridgehead atoms. The Balaban J connectivity index is 0.000000149. The Bertz CT molecular complexity index is 1330. The number of fused-ring (bicyclic) bond motifs is 2. The van der Waals surface area contributed by atoms with Gasteiger partial charge in [0.2, 0.25) is 0 Å². The van der Waals surface area contributed by atoms with Gasteiger partial charge in [-0.15, -0.1) is 0 Å². The molecule has 2 aromatic carbocycles. The van der Waals surface area contributed by atoms with Gasteiger partial charge in [-0.3, -0.25) is 0 Å². The molecule has 8 nitrogen and oxygen atoms in total. The molecule has 0 aromatic heterocycles. The number of phenolic OH excluding ortho intramolecular Hbond substituents is 2. The lowest BCUT2D eigenvalue weighted by Gasteiger charge is -2.45. The molecule has 8 heteroatoms. The van der Waals surface area contributed by atoms with Crippen molar-refractivity contribution >= 4 is 11.9 Å². The summed E-state index contributed by atoms with van der Waals surface area (Å²) in [6, 6.07) is 16.2. The summed E-state index contributed by atoms with van der Waals surface area (Å²) in [4.78, 5) is 23.7. The molecule has 2 heterocycles. The van der Waals surface area contributed by atoms with Gasteiger partial charge in [0, 0.05) is 37.0 Å². The summed E-state index contributed by atoms with van der Waals surface area (Å²) in [5, 5.41) is 34.6. The molecule has 4 aliphatic carbocycles. The zero-order valence-electron chi connectivity index (χ0n) is 30.0. The predicted octanol–water partition coefficient (Wildman–Crippen LogP) is 7.81. The second-order valence-corrected chi connectivity index (χ2v) is 16.5. The van der Waals surface area contributed by atoms with Crippen LogP contribution in [0.15, 0.2) is 48.5 Å². The lowest BCUT2D eigenvalue weighted by Crippen LogP contribution is -2.48. The highest BCUT2D eigenvalue weighted by molar-refractivity contribution is 6.27. The van der Waals surface area contributed by atoms with E-state index in [0.29, 0.717) is 22.3 Å². The number of piperidine rings is 2. The minimum Gasteiger partial charge on any atom is -0.508 e. The average molecular weight is 689 g/mol. The Morgan fingerprint density at radius 1 is 0.580 bits per heavy atom. The van der Waals surface area contributed by atoms with Crippen LogP contribution in [0.5, 0.6) is 11.5 Å². The summed E-state index contributed by atoms with van der Waals surface area (Å²) < 4.78 is 0. The van der Waals surface area contributed by atoms with Gasteiger partial charge in [-0.05, 0) is 136 Å². The number of carboxylic acids is 2. The van der Waals surface area contributed by atoms with Gasteiger partial charge in [0.1, 0.15) is 11.5 Å². The van der Waals surface area contributed by atoms with E-state index in [2.05, 4.69) is 21.9 Å². The molecule has 2 saturated heterocycles. The zero-order valence-corrected chi connectivity index (χ0v) is 30.0. The summed E-state index contributed by atoms with van der Waals surface area (Å²) in [7, 11) is 0. The molecule has 0 amide bonds. The van der Waals surface area contributed by atoms with Crippen molar-refractivity contribution in [3.8, 4) is 11.5 Å². The Kier molecular flexibility index (Phi) is 12.1. The van der Waals surface area contributed by atoms with Gasteiger partial charge in [0.25, 0.3) is 0 Å². The smallest absolute Gasteiger partial charge is 0.414 e. The maximum atomic E-state index is 9.89. The van der Waals surface area contributed by atoms with Crippen molar-refractivity contribution in [3.05, 3.63) is 59.7 Å². The summed E-state index contributed by atoms with van der Waals surface area (Å²) in [5.74, 6) is 0.750. The lowest BCUT2D eigenvalue weighted by molar-refractivity contribution is -0.159. The van der Waals surface area contributed by atoms with Crippen molar-refractivity contribution < 1.29 is 30.0 Å². The maximum Gasteiger partial charge on any atom is 0.414 e. The van der Waals surface area contributed by atoms with E-state index >= 15 is 0 Å². The lowest BCUT2D eigenvalue weighted by atomic mass is 9.67. The van der Waals surface area contributed by atoms with Crippen LogP contribution in [0.1, 0.15) is 114 Å². The molecule has 4 N–H and O–H groups in total. The van der Waals surface area contributed by atoms with Gasteiger partial charge in [0.15, 0.2) is 0 Å². The first-order valence-electron chi connectivity index (χ1n) is 19.7. The van der Waals surface area contributed by atoms with Gasteiger partial charge in [0.05, 0.1) is 0 Å². The topological polar surface area (TPSA) is 122 Å². The molecule has 4 atom stereocenters. The highest BCUT2D eigenvalue weighted by Crippen LogP contribution is 2.52. The maximum absolute atomic E-state index is 9.89. The molecular weight excluding hydrogens is 628 g/mol. The van der Waals surface area contributed by atoms with Gasteiger partial charge in [-0.25, -0.2) is 9.59 Å². The van der Waals surface area contributed by atoms with Crippen LogP contribution >= 0.6 is 0 Å². The first-order valence-corrected chi connectivity index (χ1v) is 19.7. The quantitative estimate of drug-likeness (QED) is 0.227. The van der Waals surface area contributed by atoms with Crippen LogP contribution < -0.4 is 0 Å². The molecule has 2 aliphatic heterocycles. The summed E-state index contributed by atoms with van der Waals surface area (Å²) in [6.07, 6.45) is 22.3. The molecule has 0 radical (unpaired) electrons. The van der Waals surface area contributed by atoms with Gasteiger partial charge >= 0.3 is 11.9 Å². The molecule has 6 fully saturated rings. The highest BCUT2D eigenvalue weighted by Gasteiger charge is 2.48. The number of aromatic hydroxyl groups is 2. The first kappa shape index (κ1) is 36.7. The van der Waals surface area contributed by atoms with E-state index < -0.39 is 11.9 Å². The number of likely N-dealkylation sites (tertiary alicyclic amines) is 2. The second-order valence-electron chi connectivity index (χ2n) is 16.5. The zero-order chi connectivity index (χ0) is 35.1. The second kappa shape index (κ2) is 16.5. The number of carboxylic acid groups (broad SMARTS) is 2. The fraction of sp³-hybridized carbons (Fsp3) is 0.667. The van der Waals surface area contributed by atoms with E-state index in [4.69, 9.17) is 19.8 Å². The number of phenols is 2. The van der Waals surface area contributed by atoms with Crippen molar-refractivity contribution in [1.82, 2.24) is 9.80 Å². The van der Waals surface area contributed by atoms with E-state index in [1.54, 1.807) is 12.1 Å². The van der Waals surface area contributed by atoms with Crippen molar-refractivity contribution in [2.24, 2.45) is 23.7 Å². The van der Waals surface area contributed by atoms with E-state index in [0.717, 1.165) is 23.7 Å². The number of hydrogen-bond acceptors (Lipinski definition) is 6. The van der Waals surface area contributed by atoms with Crippen LogP contribution in [0.3, 0.4) is 0 Å². The standard InChI is InChI=1S/2C20H29NO.C2H2O4/c2*22-19-9-3-7-17(13-19)20-10-4-8-18(20)15-21(12-11-20)14-16-5-1-2-6-16;3-1(4)2(5)6/h2*3,7,9,13,16,18,22H,1-2,4-6,8,10-12,14-15H2;(H,3,4)(H,5,6). The number of hydrogen-bond donors (Lipinski definition) is 4. The van der Waals surface area contributed by atoms with E-state index in [1.165, 1.54) is 153 Å². The van der Waals surface area contributed by atoms with Crippen molar-refractivity contribution in [2.45, 2.75) is 114 Å². The van der Waals surface area contributed by atoms with Crippen LogP contribution in [-0.2, 0) is 20.4 Å². The number of nitrogens with zero attached hydrogens (tertiary/aromatic N) is 2. The predicted molar refractivity (Wildman–Crippen MR) is 196 cm³/mol. The number of rotatable bonds is 6. The molecule has 274 valence electrons. The molecule has 6 aliphatic rings. The summed E-state index contributed by atoms with van der Waals surface area (Å²) in [5.41, 5.74) is 3.50. The van der Waals surface area contributed by atoms with Gasteiger partial charge < -0.3 is 30.2 Å². The molecule has 50 heavy (non-hydrogen) atoms. The number of carbonyl (C=O) groups is 2. The molecule has 8 rings (SSSR count).